The van der Waals surface area contributed by atoms with Crippen molar-refractivity contribution in [3.05, 3.63) is 28.8 Å². The van der Waals surface area contributed by atoms with E-state index in [2.05, 4.69) is 10.0 Å². The third kappa shape index (κ3) is 4.17. The molecule has 1 atom stereocenters. The maximum Gasteiger partial charge on any atom is 0.241 e. The van der Waals surface area contributed by atoms with E-state index < -0.39 is 15.6 Å². The lowest BCUT2D eigenvalue weighted by Crippen LogP contribution is -2.51. The Balaban J connectivity index is 2.24. The molecule has 2 rings (SSSR count). The average molecular weight is 333 g/mol. The molecule has 21 heavy (non-hydrogen) atoms. The van der Waals surface area contributed by atoms with E-state index in [0.717, 1.165) is 18.4 Å². The Morgan fingerprint density at radius 1 is 1.43 bits per heavy atom. The number of hydrogen-bond donors (Lipinski definition) is 2. The van der Waals surface area contributed by atoms with Crippen LogP contribution in [0.5, 0.6) is 0 Å². The van der Waals surface area contributed by atoms with Crippen molar-refractivity contribution < 1.29 is 13.2 Å². The zero-order valence-corrected chi connectivity index (χ0v) is 13.9. The van der Waals surface area contributed by atoms with Gasteiger partial charge in [-0.1, -0.05) is 11.6 Å². The summed E-state index contributed by atoms with van der Waals surface area (Å²) < 4.78 is 33.2. The monoisotopic (exact) mass is 332 g/mol. The van der Waals surface area contributed by atoms with E-state index in [1.165, 1.54) is 6.07 Å². The summed E-state index contributed by atoms with van der Waals surface area (Å²) in [6, 6.07) is 4.74. The van der Waals surface area contributed by atoms with Crippen LogP contribution >= 0.6 is 11.6 Å². The van der Waals surface area contributed by atoms with Gasteiger partial charge >= 0.3 is 0 Å². The van der Waals surface area contributed by atoms with Crippen LogP contribution in [-0.2, 0) is 21.3 Å². The van der Waals surface area contributed by atoms with Crippen LogP contribution in [0.4, 0.5) is 0 Å². The lowest BCUT2D eigenvalue weighted by atomic mass is 9.97. The van der Waals surface area contributed by atoms with Crippen LogP contribution in [0.15, 0.2) is 23.1 Å². The summed E-state index contributed by atoms with van der Waals surface area (Å²) >= 11 is 6.07. The minimum atomic E-state index is -3.59. The standard InChI is InChI=1S/C14H21ClN2O3S/c1-14(6-3-7-20-10-14)17-21(18,19)12-4-5-13(15)11(8-12)9-16-2/h4-5,8,16-17H,3,6-7,9-10H2,1-2H3. The Morgan fingerprint density at radius 3 is 2.81 bits per heavy atom. The number of benzene rings is 1. The Morgan fingerprint density at radius 2 is 2.19 bits per heavy atom. The average Bonchev–Trinajstić information content (AvgIpc) is 2.41. The van der Waals surface area contributed by atoms with Gasteiger partial charge in [-0.15, -0.1) is 0 Å². The summed E-state index contributed by atoms with van der Waals surface area (Å²) in [6.07, 6.45) is 1.62. The molecule has 2 N–H and O–H groups in total. The van der Waals surface area contributed by atoms with E-state index in [9.17, 15) is 8.42 Å². The zero-order valence-electron chi connectivity index (χ0n) is 12.3. The summed E-state index contributed by atoms with van der Waals surface area (Å²) in [5.74, 6) is 0. The van der Waals surface area contributed by atoms with Crippen molar-refractivity contribution >= 4 is 21.6 Å². The third-order valence-electron chi connectivity index (χ3n) is 3.51. The molecule has 1 aromatic rings. The third-order valence-corrected chi connectivity index (χ3v) is 5.52. The van der Waals surface area contributed by atoms with Gasteiger partial charge in [-0.25, -0.2) is 13.1 Å². The molecule has 1 saturated heterocycles. The number of rotatable bonds is 5. The highest BCUT2D eigenvalue weighted by atomic mass is 35.5. The highest BCUT2D eigenvalue weighted by molar-refractivity contribution is 7.89. The largest absolute Gasteiger partial charge is 0.380 e. The molecule has 0 aromatic heterocycles. The van der Waals surface area contributed by atoms with Crippen LogP contribution in [0.1, 0.15) is 25.3 Å². The molecule has 7 heteroatoms. The first-order chi connectivity index (χ1) is 9.86. The molecule has 1 aromatic carbocycles. The van der Waals surface area contributed by atoms with Crippen molar-refractivity contribution in [2.45, 2.75) is 36.7 Å². The van der Waals surface area contributed by atoms with Gasteiger partial charge in [-0.3, -0.25) is 0 Å². The van der Waals surface area contributed by atoms with Gasteiger partial charge in [0.25, 0.3) is 0 Å². The molecular weight excluding hydrogens is 312 g/mol. The summed E-state index contributed by atoms with van der Waals surface area (Å²) in [5, 5.41) is 3.52. The fraction of sp³-hybridized carbons (Fsp3) is 0.571. The van der Waals surface area contributed by atoms with Gasteiger partial charge in [0.2, 0.25) is 10.0 Å². The van der Waals surface area contributed by atoms with E-state index in [1.807, 2.05) is 6.92 Å². The molecule has 1 fully saturated rings. The van der Waals surface area contributed by atoms with Crippen LogP contribution in [-0.4, -0.2) is 34.2 Å². The molecule has 1 aliphatic heterocycles. The number of halogens is 1. The van der Waals surface area contributed by atoms with E-state index in [0.29, 0.717) is 24.8 Å². The van der Waals surface area contributed by atoms with Crippen molar-refractivity contribution in [1.82, 2.24) is 10.0 Å². The van der Waals surface area contributed by atoms with Gasteiger partial charge in [0, 0.05) is 18.2 Å². The molecule has 1 aliphatic rings. The van der Waals surface area contributed by atoms with Crippen molar-refractivity contribution in [2.24, 2.45) is 0 Å². The molecule has 0 radical (unpaired) electrons. The molecule has 1 heterocycles. The van der Waals surface area contributed by atoms with Gasteiger partial charge in [0.05, 0.1) is 17.0 Å². The fourth-order valence-corrected chi connectivity index (χ4v) is 4.10. The van der Waals surface area contributed by atoms with Gasteiger partial charge in [-0.05, 0) is 50.6 Å². The minimum Gasteiger partial charge on any atom is -0.380 e. The first-order valence-electron chi connectivity index (χ1n) is 6.91. The van der Waals surface area contributed by atoms with E-state index >= 15 is 0 Å². The quantitative estimate of drug-likeness (QED) is 0.864. The first kappa shape index (κ1) is 16.7. The summed E-state index contributed by atoms with van der Waals surface area (Å²) in [5.41, 5.74) is 0.201. The molecule has 1 unspecified atom stereocenters. The second kappa shape index (κ2) is 6.62. The molecule has 0 saturated carbocycles. The van der Waals surface area contributed by atoms with Crippen LogP contribution in [0.3, 0.4) is 0 Å². The minimum absolute atomic E-state index is 0.226. The second-order valence-corrected chi connectivity index (χ2v) is 7.70. The van der Waals surface area contributed by atoms with Gasteiger partial charge in [-0.2, -0.15) is 0 Å². The Kier molecular flexibility index (Phi) is 5.27. The summed E-state index contributed by atoms with van der Waals surface area (Å²) in [7, 11) is -1.80. The Hall–Kier alpha value is -0.660. The van der Waals surface area contributed by atoms with E-state index in [1.54, 1.807) is 19.2 Å². The van der Waals surface area contributed by atoms with Crippen molar-refractivity contribution in [2.75, 3.05) is 20.3 Å². The van der Waals surface area contributed by atoms with Gasteiger partial charge < -0.3 is 10.1 Å². The van der Waals surface area contributed by atoms with E-state index in [4.69, 9.17) is 16.3 Å². The number of sulfonamides is 1. The summed E-state index contributed by atoms with van der Waals surface area (Å²) in [6.45, 7) is 3.46. The molecule has 0 bridgehead atoms. The number of ether oxygens (including phenoxy) is 1. The first-order valence-corrected chi connectivity index (χ1v) is 8.77. The van der Waals surface area contributed by atoms with Crippen molar-refractivity contribution in [1.29, 1.82) is 0 Å². The second-order valence-electron chi connectivity index (χ2n) is 5.61. The lowest BCUT2D eigenvalue weighted by molar-refractivity contribution is 0.0386. The number of hydrogen-bond acceptors (Lipinski definition) is 4. The normalized spacial score (nSPS) is 23.2. The zero-order chi connectivity index (χ0) is 15.5. The maximum absolute atomic E-state index is 12.5. The van der Waals surface area contributed by atoms with Gasteiger partial charge in [0.1, 0.15) is 0 Å². The molecule has 5 nitrogen and oxygen atoms in total. The molecule has 0 aliphatic carbocycles. The molecule has 118 valence electrons. The smallest absolute Gasteiger partial charge is 0.241 e. The van der Waals surface area contributed by atoms with Crippen molar-refractivity contribution in [3.63, 3.8) is 0 Å². The van der Waals surface area contributed by atoms with Crippen LogP contribution in [0.25, 0.3) is 0 Å². The Labute approximate surface area is 131 Å². The van der Waals surface area contributed by atoms with Crippen LogP contribution in [0, 0.1) is 0 Å². The van der Waals surface area contributed by atoms with Crippen LogP contribution in [0.2, 0.25) is 5.02 Å². The Bertz CT molecular complexity index is 598. The molecule has 0 amide bonds. The highest BCUT2D eigenvalue weighted by Crippen LogP contribution is 2.24. The maximum atomic E-state index is 12.5. The SMILES string of the molecule is CNCc1cc(S(=O)(=O)NC2(C)CCCOC2)ccc1Cl. The van der Waals surface area contributed by atoms with Crippen LogP contribution < -0.4 is 10.0 Å². The molecular formula is C14H21ClN2O3S. The predicted molar refractivity (Wildman–Crippen MR) is 83.0 cm³/mol. The number of nitrogens with one attached hydrogen (secondary N) is 2. The predicted octanol–water partition coefficient (Wildman–Crippen LogP) is 1.91. The van der Waals surface area contributed by atoms with E-state index in [-0.39, 0.29) is 4.90 Å². The topological polar surface area (TPSA) is 67.4 Å². The van der Waals surface area contributed by atoms with Crippen molar-refractivity contribution in [3.8, 4) is 0 Å². The van der Waals surface area contributed by atoms with Gasteiger partial charge in [0.15, 0.2) is 0 Å². The lowest BCUT2D eigenvalue weighted by Gasteiger charge is -2.33. The highest BCUT2D eigenvalue weighted by Gasteiger charge is 2.33. The molecule has 0 spiro atoms. The summed E-state index contributed by atoms with van der Waals surface area (Å²) in [4.78, 5) is 0.226. The fourth-order valence-electron chi connectivity index (χ4n) is 2.44.